The summed E-state index contributed by atoms with van der Waals surface area (Å²) in [6, 6.07) is 0. The van der Waals surface area contributed by atoms with E-state index in [4.69, 9.17) is 9.47 Å². The van der Waals surface area contributed by atoms with Crippen LogP contribution in [0.2, 0.25) is 0 Å². The largest absolute Gasteiger partial charge is 0.456 e. The van der Waals surface area contributed by atoms with Crippen molar-refractivity contribution in [2.45, 2.75) is 72.3 Å². The van der Waals surface area contributed by atoms with E-state index >= 15 is 0 Å². The third-order valence-corrected chi connectivity index (χ3v) is 4.58. The van der Waals surface area contributed by atoms with Crippen LogP contribution in [0, 0.1) is 11.3 Å². The Hall–Kier alpha value is -1.06. The molecule has 0 spiro atoms. The van der Waals surface area contributed by atoms with Crippen molar-refractivity contribution >= 4 is 11.9 Å². The summed E-state index contributed by atoms with van der Waals surface area (Å²) in [4.78, 5) is 23.8. The topological polar surface area (TPSA) is 52.6 Å². The number of rotatable bonds is 6. The van der Waals surface area contributed by atoms with Gasteiger partial charge in [0.2, 0.25) is 0 Å². The lowest BCUT2D eigenvalue weighted by atomic mass is 9.88. The highest BCUT2D eigenvalue weighted by Crippen LogP contribution is 2.39. The molecule has 0 aromatic heterocycles. The quantitative estimate of drug-likeness (QED) is 0.701. The lowest BCUT2D eigenvalue weighted by Gasteiger charge is -2.33. The molecule has 1 rings (SSSR count). The van der Waals surface area contributed by atoms with Crippen LogP contribution < -0.4 is 0 Å². The maximum absolute atomic E-state index is 11.9. The number of hydrogen-bond donors (Lipinski definition) is 0. The Morgan fingerprint density at radius 3 is 2.20 bits per heavy atom. The molecule has 116 valence electrons. The average Bonchev–Trinajstić information content (AvgIpc) is 2.85. The Morgan fingerprint density at radius 1 is 1.20 bits per heavy atom. The second-order valence-electron chi connectivity index (χ2n) is 6.71. The molecule has 20 heavy (non-hydrogen) atoms. The van der Waals surface area contributed by atoms with Crippen molar-refractivity contribution in [1.29, 1.82) is 0 Å². The summed E-state index contributed by atoms with van der Waals surface area (Å²) in [5, 5.41) is 0. The standard InChI is InChI=1S/C16H28O4/c1-6-15(4,5)14(18)19-11-13(17)20-16(12(2)3)9-7-8-10-16/h12H,6-11H2,1-5H3. The van der Waals surface area contributed by atoms with Crippen molar-refractivity contribution in [2.24, 2.45) is 11.3 Å². The Kier molecular flexibility index (Phi) is 5.60. The Labute approximate surface area is 122 Å². The van der Waals surface area contributed by atoms with E-state index in [1.165, 1.54) is 0 Å². The van der Waals surface area contributed by atoms with Crippen molar-refractivity contribution in [2.75, 3.05) is 6.61 Å². The van der Waals surface area contributed by atoms with E-state index in [1.807, 2.05) is 20.8 Å². The van der Waals surface area contributed by atoms with E-state index < -0.39 is 11.4 Å². The second kappa shape index (κ2) is 6.59. The lowest BCUT2D eigenvalue weighted by Crippen LogP contribution is -2.39. The van der Waals surface area contributed by atoms with Gasteiger partial charge in [0.15, 0.2) is 6.61 Å². The van der Waals surface area contributed by atoms with E-state index in [0.29, 0.717) is 6.42 Å². The zero-order valence-electron chi connectivity index (χ0n) is 13.5. The predicted molar refractivity (Wildman–Crippen MR) is 77.2 cm³/mol. The highest BCUT2D eigenvalue weighted by Gasteiger charge is 2.40. The molecule has 0 amide bonds. The first kappa shape index (κ1) is 17.0. The van der Waals surface area contributed by atoms with Gasteiger partial charge < -0.3 is 9.47 Å². The summed E-state index contributed by atoms with van der Waals surface area (Å²) in [5.41, 5.74) is -0.910. The fourth-order valence-corrected chi connectivity index (χ4v) is 2.49. The smallest absolute Gasteiger partial charge is 0.344 e. The minimum absolute atomic E-state index is 0.281. The van der Waals surface area contributed by atoms with E-state index in [-0.39, 0.29) is 24.1 Å². The Bertz CT molecular complexity index is 351. The van der Waals surface area contributed by atoms with Gasteiger partial charge in [-0.05, 0) is 51.9 Å². The lowest BCUT2D eigenvalue weighted by molar-refractivity contribution is -0.176. The van der Waals surface area contributed by atoms with Crippen LogP contribution in [0.4, 0.5) is 0 Å². The fourth-order valence-electron chi connectivity index (χ4n) is 2.49. The van der Waals surface area contributed by atoms with Gasteiger partial charge in [-0.15, -0.1) is 0 Å². The summed E-state index contributed by atoms with van der Waals surface area (Å²) in [6.07, 6.45) is 4.68. The monoisotopic (exact) mass is 284 g/mol. The molecule has 0 unspecified atom stereocenters. The van der Waals surface area contributed by atoms with Crippen LogP contribution >= 0.6 is 0 Å². The van der Waals surface area contributed by atoms with Gasteiger partial charge in [-0.2, -0.15) is 0 Å². The van der Waals surface area contributed by atoms with Crippen LogP contribution in [0.5, 0.6) is 0 Å². The fraction of sp³-hybridized carbons (Fsp3) is 0.875. The van der Waals surface area contributed by atoms with Gasteiger partial charge in [-0.1, -0.05) is 20.8 Å². The zero-order chi connectivity index (χ0) is 15.4. The molecular weight excluding hydrogens is 256 g/mol. The van der Waals surface area contributed by atoms with Crippen LogP contribution in [0.25, 0.3) is 0 Å². The van der Waals surface area contributed by atoms with Gasteiger partial charge in [-0.3, -0.25) is 4.79 Å². The molecule has 0 N–H and O–H groups in total. The molecule has 0 atom stereocenters. The van der Waals surface area contributed by atoms with E-state index in [1.54, 1.807) is 0 Å². The highest BCUT2D eigenvalue weighted by atomic mass is 16.6. The SMILES string of the molecule is CCC(C)(C)C(=O)OCC(=O)OC1(C(C)C)CCCC1. The molecule has 0 radical (unpaired) electrons. The minimum atomic E-state index is -0.552. The molecule has 1 fully saturated rings. The molecule has 0 heterocycles. The van der Waals surface area contributed by atoms with Crippen molar-refractivity contribution in [3.05, 3.63) is 0 Å². The molecule has 0 bridgehead atoms. The van der Waals surface area contributed by atoms with Crippen LogP contribution in [-0.4, -0.2) is 24.1 Å². The van der Waals surface area contributed by atoms with Gasteiger partial charge in [0, 0.05) is 0 Å². The Morgan fingerprint density at radius 2 is 1.75 bits per heavy atom. The van der Waals surface area contributed by atoms with E-state index in [9.17, 15) is 9.59 Å². The zero-order valence-corrected chi connectivity index (χ0v) is 13.5. The summed E-state index contributed by atoms with van der Waals surface area (Å²) in [5.74, 6) is -0.487. The maximum Gasteiger partial charge on any atom is 0.344 e. The van der Waals surface area contributed by atoms with Crippen molar-refractivity contribution in [3.8, 4) is 0 Å². The normalized spacial score (nSPS) is 18.1. The molecule has 0 saturated heterocycles. The Balaban J connectivity index is 2.50. The molecule has 4 nitrogen and oxygen atoms in total. The minimum Gasteiger partial charge on any atom is -0.456 e. The number of esters is 2. The third kappa shape index (κ3) is 3.97. The van der Waals surface area contributed by atoms with Crippen LogP contribution in [0.1, 0.15) is 66.7 Å². The first-order chi connectivity index (χ1) is 9.23. The van der Waals surface area contributed by atoms with Crippen molar-refractivity contribution in [1.82, 2.24) is 0 Å². The van der Waals surface area contributed by atoms with Crippen LogP contribution in [-0.2, 0) is 19.1 Å². The summed E-state index contributed by atoms with van der Waals surface area (Å²) < 4.78 is 10.7. The predicted octanol–water partition coefficient (Wildman–Crippen LogP) is 3.48. The van der Waals surface area contributed by atoms with Gasteiger partial charge in [0.1, 0.15) is 5.60 Å². The molecule has 4 heteroatoms. The summed E-state index contributed by atoms with van der Waals surface area (Å²) in [6.45, 7) is 9.42. The molecule has 0 aromatic carbocycles. The molecule has 1 aliphatic carbocycles. The first-order valence-electron chi connectivity index (χ1n) is 7.62. The van der Waals surface area contributed by atoms with Crippen LogP contribution in [0.15, 0.2) is 0 Å². The van der Waals surface area contributed by atoms with Gasteiger partial charge >= 0.3 is 11.9 Å². The molecule has 0 aromatic rings. The molecule has 1 aliphatic rings. The number of carbonyl (C=O) groups excluding carboxylic acids is 2. The second-order valence-corrected chi connectivity index (χ2v) is 6.71. The summed E-state index contributed by atoms with van der Waals surface area (Å²) >= 11 is 0. The van der Waals surface area contributed by atoms with Crippen molar-refractivity contribution in [3.63, 3.8) is 0 Å². The highest BCUT2D eigenvalue weighted by molar-refractivity contribution is 5.79. The van der Waals surface area contributed by atoms with Gasteiger partial charge in [0.25, 0.3) is 0 Å². The number of ether oxygens (including phenoxy) is 2. The summed E-state index contributed by atoms with van der Waals surface area (Å²) in [7, 11) is 0. The third-order valence-electron chi connectivity index (χ3n) is 4.58. The molecule has 0 aliphatic heterocycles. The molecular formula is C16H28O4. The van der Waals surface area contributed by atoms with Crippen LogP contribution in [0.3, 0.4) is 0 Å². The van der Waals surface area contributed by atoms with Gasteiger partial charge in [-0.25, -0.2) is 4.79 Å². The number of carbonyl (C=O) groups is 2. The number of hydrogen-bond acceptors (Lipinski definition) is 4. The van der Waals surface area contributed by atoms with E-state index in [2.05, 4.69) is 13.8 Å². The van der Waals surface area contributed by atoms with Crippen molar-refractivity contribution < 1.29 is 19.1 Å². The average molecular weight is 284 g/mol. The maximum atomic E-state index is 11.9. The first-order valence-corrected chi connectivity index (χ1v) is 7.62. The molecule has 1 saturated carbocycles. The van der Waals surface area contributed by atoms with E-state index in [0.717, 1.165) is 25.7 Å². The van der Waals surface area contributed by atoms with Gasteiger partial charge in [0.05, 0.1) is 5.41 Å².